The second-order valence-electron chi connectivity index (χ2n) is 7.99. The Balaban J connectivity index is 1.30. The van der Waals surface area contributed by atoms with Gasteiger partial charge in [0.2, 0.25) is 17.7 Å². The highest BCUT2D eigenvalue weighted by Crippen LogP contribution is 2.29. The molecule has 3 aromatic rings. The first-order valence-corrected chi connectivity index (χ1v) is 10.7. The first kappa shape index (κ1) is 22.8. The summed E-state index contributed by atoms with van der Waals surface area (Å²) in [6.07, 6.45) is -2.27. The number of aromatic nitrogens is 3. The zero-order chi connectivity index (χ0) is 23.4. The molecule has 33 heavy (non-hydrogen) atoms. The van der Waals surface area contributed by atoms with Gasteiger partial charge in [-0.1, -0.05) is 17.7 Å². The summed E-state index contributed by atoms with van der Waals surface area (Å²) in [7, 11) is 0. The second kappa shape index (κ2) is 9.60. The number of rotatable bonds is 5. The van der Waals surface area contributed by atoms with Crippen molar-refractivity contribution in [2.45, 2.75) is 32.4 Å². The SMILES string of the molecule is Cc1ccc(-c2nnc(CCC(=O)N3CCCN(c4ccc(C(F)(F)F)cn4)CC3)o2)cc1. The summed E-state index contributed by atoms with van der Waals surface area (Å²) >= 11 is 0. The van der Waals surface area contributed by atoms with Gasteiger partial charge in [-0.2, -0.15) is 13.2 Å². The number of halogens is 3. The molecule has 0 atom stereocenters. The van der Waals surface area contributed by atoms with Gasteiger partial charge in [-0.15, -0.1) is 10.2 Å². The summed E-state index contributed by atoms with van der Waals surface area (Å²) in [5, 5.41) is 8.10. The summed E-state index contributed by atoms with van der Waals surface area (Å²) in [5.41, 5.74) is 1.19. The molecule has 7 nitrogen and oxygen atoms in total. The summed E-state index contributed by atoms with van der Waals surface area (Å²) in [6, 6.07) is 10.2. The van der Waals surface area contributed by atoms with E-state index in [4.69, 9.17) is 4.42 Å². The lowest BCUT2D eigenvalue weighted by Gasteiger charge is -2.23. The molecule has 1 amide bonds. The van der Waals surface area contributed by atoms with Crippen molar-refractivity contribution in [3.63, 3.8) is 0 Å². The Hall–Kier alpha value is -3.43. The van der Waals surface area contributed by atoms with Gasteiger partial charge in [0, 0.05) is 50.8 Å². The molecule has 1 aliphatic rings. The fourth-order valence-corrected chi connectivity index (χ4v) is 3.68. The molecule has 3 heterocycles. The summed E-state index contributed by atoms with van der Waals surface area (Å²) in [6.45, 7) is 4.17. The third-order valence-electron chi connectivity index (χ3n) is 5.57. The van der Waals surface area contributed by atoms with Gasteiger partial charge in [0.1, 0.15) is 5.82 Å². The zero-order valence-electron chi connectivity index (χ0n) is 18.2. The van der Waals surface area contributed by atoms with Crippen LogP contribution in [0.25, 0.3) is 11.5 Å². The number of pyridine rings is 1. The van der Waals surface area contributed by atoms with E-state index in [9.17, 15) is 18.0 Å². The second-order valence-corrected chi connectivity index (χ2v) is 7.99. The molecule has 0 aliphatic carbocycles. The Kier molecular flexibility index (Phi) is 6.62. The van der Waals surface area contributed by atoms with Crippen LogP contribution in [0.4, 0.5) is 19.0 Å². The highest BCUT2D eigenvalue weighted by molar-refractivity contribution is 5.76. The fourth-order valence-electron chi connectivity index (χ4n) is 3.68. The van der Waals surface area contributed by atoms with Crippen molar-refractivity contribution in [2.75, 3.05) is 31.1 Å². The summed E-state index contributed by atoms with van der Waals surface area (Å²) < 4.78 is 43.9. The molecular formula is C23H24F3N5O2. The summed E-state index contributed by atoms with van der Waals surface area (Å²) in [4.78, 5) is 20.3. The monoisotopic (exact) mass is 459 g/mol. The number of alkyl halides is 3. The van der Waals surface area contributed by atoms with E-state index >= 15 is 0 Å². The standard InChI is InChI=1S/C23H24F3N5O2/c1-16-3-5-17(6-4-16)22-29-28-20(33-22)9-10-21(32)31-12-2-11-30(13-14-31)19-8-7-18(15-27-19)23(24,25)26/h3-8,15H,2,9-14H2,1H3. The smallest absolute Gasteiger partial charge is 0.417 e. The summed E-state index contributed by atoms with van der Waals surface area (Å²) in [5.74, 6) is 1.29. The number of amides is 1. The van der Waals surface area contributed by atoms with Gasteiger partial charge in [-0.05, 0) is 37.6 Å². The molecule has 1 aliphatic heterocycles. The molecule has 1 fully saturated rings. The van der Waals surface area contributed by atoms with E-state index in [1.807, 2.05) is 36.1 Å². The predicted molar refractivity (Wildman–Crippen MR) is 115 cm³/mol. The third kappa shape index (κ3) is 5.68. The number of anilines is 1. The van der Waals surface area contributed by atoms with Crippen LogP contribution in [-0.2, 0) is 17.4 Å². The Bertz CT molecular complexity index is 1080. The lowest BCUT2D eigenvalue weighted by molar-refractivity contribution is -0.137. The van der Waals surface area contributed by atoms with Crippen LogP contribution in [0.1, 0.15) is 29.9 Å². The van der Waals surface area contributed by atoms with Gasteiger partial charge in [-0.3, -0.25) is 4.79 Å². The minimum Gasteiger partial charge on any atom is -0.421 e. The van der Waals surface area contributed by atoms with Gasteiger partial charge in [0.25, 0.3) is 0 Å². The number of aryl methyl sites for hydroxylation is 2. The average molecular weight is 459 g/mol. The van der Waals surface area contributed by atoms with Crippen LogP contribution in [0.3, 0.4) is 0 Å². The molecule has 4 rings (SSSR count). The molecule has 0 saturated carbocycles. The van der Waals surface area contributed by atoms with Crippen LogP contribution >= 0.6 is 0 Å². The largest absolute Gasteiger partial charge is 0.421 e. The molecule has 0 N–H and O–H groups in total. The van der Waals surface area contributed by atoms with E-state index < -0.39 is 11.7 Å². The van der Waals surface area contributed by atoms with Crippen LogP contribution in [0, 0.1) is 6.92 Å². The van der Waals surface area contributed by atoms with Crippen molar-refractivity contribution in [2.24, 2.45) is 0 Å². The molecule has 174 valence electrons. The van der Waals surface area contributed by atoms with Gasteiger partial charge in [0.05, 0.1) is 5.56 Å². The van der Waals surface area contributed by atoms with E-state index in [2.05, 4.69) is 15.2 Å². The minimum absolute atomic E-state index is 0.0210. The van der Waals surface area contributed by atoms with Crippen molar-refractivity contribution in [1.29, 1.82) is 0 Å². The zero-order valence-corrected chi connectivity index (χ0v) is 18.2. The first-order valence-electron chi connectivity index (χ1n) is 10.7. The number of hydrogen-bond donors (Lipinski definition) is 0. The molecule has 1 aromatic carbocycles. The number of carbonyl (C=O) groups excluding carboxylic acids is 1. The third-order valence-corrected chi connectivity index (χ3v) is 5.57. The lowest BCUT2D eigenvalue weighted by atomic mass is 10.1. The van der Waals surface area contributed by atoms with Gasteiger partial charge in [0.15, 0.2) is 0 Å². The average Bonchev–Trinajstić information content (AvgIpc) is 3.13. The Morgan fingerprint density at radius 2 is 1.82 bits per heavy atom. The van der Waals surface area contributed by atoms with Crippen LogP contribution in [0.15, 0.2) is 47.0 Å². The van der Waals surface area contributed by atoms with Gasteiger partial charge in [-0.25, -0.2) is 4.98 Å². The Labute approximate surface area is 189 Å². The van der Waals surface area contributed by atoms with Gasteiger partial charge >= 0.3 is 6.18 Å². The minimum atomic E-state index is -4.41. The van der Waals surface area contributed by atoms with E-state index in [-0.39, 0.29) is 12.3 Å². The highest BCUT2D eigenvalue weighted by Gasteiger charge is 2.31. The van der Waals surface area contributed by atoms with Crippen molar-refractivity contribution < 1.29 is 22.4 Å². The molecule has 0 unspecified atom stereocenters. The molecule has 0 bridgehead atoms. The predicted octanol–water partition coefficient (Wildman–Crippen LogP) is 4.13. The number of carbonyl (C=O) groups is 1. The first-order chi connectivity index (χ1) is 15.8. The number of nitrogens with zero attached hydrogens (tertiary/aromatic N) is 5. The molecule has 1 saturated heterocycles. The maximum Gasteiger partial charge on any atom is 0.417 e. The molecule has 2 aromatic heterocycles. The van der Waals surface area contributed by atoms with Crippen molar-refractivity contribution >= 4 is 11.7 Å². The van der Waals surface area contributed by atoms with Crippen molar-refractivity contribution in [1.82, 2.24) is 20.1 Å². The van der Waals surface area contributed by atoms with Crippen LogP contribution in [0.5, 0.6) is 0 Å². The van der Waals surface area contributed by atoms with Crippen LogP contribution in [0.2, 0.25) is 0 Å². The molecule has 10 heteroatoms. The highest BCUT2D eigenvalue weighted by atomic mass is 19.4. The topological polar surface area (TPSA) is 75.4 Å². The Morgan fingerprint density at radius 3 is 2.52 bits per heavy atom. The maximum absolute atomic E-state index is 12.8. The van der Waals surface area contributed by atoms with Crippen LogP contribution in [-0.4, -0.2) is 52.2 Å². The van der Waals surface area contributed by atoms with Crippen molar-refractivity contribution in [3.05, 3.63) is 59.6 Å². The molecule has 0 radical (unpaired) electrons. The number of hydrogen-bond acceptors (Lipinski definition) is 6. The van der Waals surface area contributed by atoms with Gasteiger partial charge < -0.3 is 14.2 Å². The molecular weight excluding hydrogens is 435 g/mol. The van der Waals surface area contributed by atoms with Crippen LogP contribution < -0.4 is 4.90 Å². The van der Waals surface area contributed by atoms with E-state index in [0.29, 0.717) is 56.6 Å². The van der Waals surface area contributed by atoms with Crippen molar-refractivity contribution in [3.8, 4) is 11.5 Å². The van der Waals surface area contributed by atoms with E-state index in [1.54, 1.807) is 4.90 Å². The fraction of sp³-hybridized carbons (Fsp3) is 0.391. The molecule has 0 spiro atoms. The Morgan fingerprint density at radius 1 is 1.03 bits per heavy atom. The lowest BCUT2D eigenvalue weighted by Crippen LogP contribution is -2.35. The quantitative estimate of drug-likeness (QED) is 0.571. The maximum atomic E-state index is 12.8. The normalized spacial score (nSPS) is 14.9. The number of benzene rings is 1. The van der Waals surface area contributed by atoms with E-state index in [1.165, 1.54) is 6.07 Å². The van der Waals surface area contributed by atoms with E-state index in [0.717, 1.165) is 23.4 Å².